The number of aliphatic hydroxyl groups is 1. The number of phenols is 1. The fourth-order valence-electron chi connectivity index (χ4n) is 7.35. The van der Waals surface area contributed by atoms with Crippen molar-refractivity contribution in [2.45, 2.75) is 83.7 Å². The third-order valence-electron chi connectivity index (χ3n) is 8.53. The molecule has 6 atom stereocenters. The van der Waals surface area contributed by atoms with E-state index >= 15 is 0 Å². The van der Waals surface area contributed by atoms with Crippen LogP contribution in [0.15, 0.2) is 30.9 Å². The minimum Gasteiger partial charge on any atom is -0.508 e. The lowest BCUT2D eigenvalue weighted by molar-refractivity contribution is -0.0812. The summed E-state index contributed by atoms with van der Waals surface area (Å²) in [7, 11) is 0. The first-order chi connectivity index (χ1) is 13.0. The molecule has 2 saturated carbocycles. The second-order valence-corrected chi connectivity index (χ2v) is 9.79. The normalized spacial score (nSPS) is 40.1. The molecule has 4 rings (SSSR count). The number of hydrogen-bond acceptors (Lipinski definition) is 2. The molecule has 2 nitrogen and oxygen atoms in total. The fraction of sp³-hybridized carbons (Fsp3) is 0.680. The van der Waals surface area contributed by atoms with Crippen molar-refractivity contribution in [3.63, 3.8) is 0 Å². The molecule has 148 valence electrons. The highest BCUT2D eigenvalue weighted by Crippen LogP contribution is 2.69. The highest BCUT2D eigenvalue weighted by atomic mass is 16.3. The number of aliphatic hydroxyl groups excluding tert-OH is 1. The zero-order valence-electron chi connectivity index (χ0n) is 17.1. The molecule has 0 bridgehead atoms. The monoisotopic (exact) mass is 368 g/mol. The van der Waals surface area contributed by atoms with Crippen LogP contribution in [0.3, 0.4) is 0 Å². The van der Waals surface area contributed by atoms with Gasteiger partial charge in [-0.15, -0.1) is 6.58 Å². The molecule has 0 heterocycles. The van der Waals surface area contributed by atoms with Crippen molar-refractivity contribution in [3.8, 4) is 5.75 Å². The Morgan fingerprint density at radius 3 is 2.81 bits per heavy atom. The molecule has 0 amide bonds. The molecule has 3 aliphatic carbocycles. The summed E-state index contributed by atoms with van der Waals surface area (Å²) in [5.41, 5.74) is 2.89. The van der Waals surface area contributed by atoms with E-state index in [1.54, 1.807) is 0 Å². The summed E-state index contributed by atoms with van der Waals surface area (Å²) in [5.74, 6) is 1.98. The van der Waals surface area contributed by atoms with Crippen molar-refractivity contribution in [1.29, 1.82) is 0 Å². The Kier molecular flexibility index (Phi) is 4.91. The molecule has 1 aromatic rings. The first-order valence-electron chi connectivity index (χ1n) is 11.1. The summed E-state index contributed by atoms with van der Waals surface area (Å²) >= 11 is 0. The Balaban J connectivity index is 1.81. The first kappa shape index (κ1) is 19.1. The molecule has 1 aromatic carbocycles. The molecule has 0 radical (unpaired) electrons. The summed E-state index contributed by atoms with van der Waals surface area (Å²) in [4.78, 5) is 0. The number of aryl methyl sites for hydroxylation is 1. The fourth-order valence-corrected chi connectivity index (χ4v) is 7.35. The van der Waals surface area contributed by atoms with Gasteiger partial charge in [0.2, 0.25) is 0 Å². The lowest BCUT2D eigenvalue weighted by Crippen LogP contribution is -2.54. The summed E-state index contributed by atoms with van der Waals surface area (Å²) in [6.45, 7) is 8.99. The predicted molar refractivity (Wildman–Crippen MR) is 111 cm³/mol. The molecule has 27 heavy (non-hydrogen) atoms. The molecule has 2 fully saturated rings. The average Bonchev–Trinajstić information content (AvgIpc) is 2.96. The van der Waals surface area contributed by atoms with Crippen molar-refractivity contribution >= 4 is 0 Å². The minimum atomic E-state index is -0.171. The van der Waals surface area contributed by atoms with Gasteiger partial charge in [-0.05, 0) is 90.4 Å². The smallest absolute Gasteiger partial charge is 0.115 e. The Labute approximate surface area is 164 Å². The summed E-state index contributed by atoms with van der Waals surface area (Å²) in [6.07, 6.45) is 12.5. The van der Waals surface area contributed by atoms with Gasteiger partial charge in [-0.25, -0.2) is 0 Å². The number of hydrogen-bond donors (Lipinski definition) is 2. The van der Waals surface area contributed by atoms with Crippen molar-refractivity contribution in [2.24, 2.45) is 22.7 Å². The maximum Gasteiger partial charge on any atom is 0.115 e. The highest BCUT2D eigenvalue weighted by molar-refractivity contribution is 5.43. The van der Waals surface area contributed by atoms with Crippen LogP contribution in [0.25, 0.3) is 0 Å². The molecular formula is C25H36O2. The molecule has 2 unspecified atom stereocenters. The standard InChI is InChI=1S/C25H36O2/c1-4-6-7-8-18-16-24(3)21(11-12-22(24)27)25(5-2)14-13-17-15-19(26)9-10-20(17)23(18)25/h5,9-10,15,18,21-23,26-27H,2,4,6-8,11-14,16H2,1,3H3/t18-,21?,22-,23?,24-,25-/m0/s1. The van der Waals surface area contributed by atoms with Gasteiger partial charge in [0.05, 0.1) is 6.10 Å². The average molecular weight is 369 g/mol. The Bertz CT molecular complexity index is 710. The van der Waals surface area contributed by atoms with E-state index in [0.29, 0.717) is 23.5 Å². The Morgan fingerprint density at radius 2 is 2.07 bits per heavy atom. The molecule has 3 aliphatic rings. The van der Waals surface area contributed by atoms with E-state index < -0.39 is 0 Å². The number of benzene rings is 1. The van der Waals surface area contributed by atoms with Crippen molar-refractivity contribution < 1.29 is 10.2 Å². The van der Waals surface area contributed by atoms with Gasteiger partial charge in [-0.1, -0.05) is 45.3 Å². The third-order valence-corrected chi connectivity index (χ3v) is 8.53. The molecule has 2 heteroatoms. The second kappa shape index (κ2) is 6.95. The van der Waals surface area contributed by atoms with Gasteiger partial charge < -0.3 is 10.2 Å². The summed E-state index contributed by atoms with van der Waals surface area (Å²) in [6, 6.07) is 6.05. The van der Waals surface area contributed by atoms with Crippen LogP contribution in [-0.4, -0.2) is 16.3 Å². The third kappa shape index (κ3) is 2.78. The van der Waals surface area contributed by atoms with Gasteiger partial charge in [0.15, 0.2) is 0 Å². The van der Waals surface area contributed by atoms with Gasteiger partial charge >= 0.3 is 0 Å². The summed E-state index contributed by atoms with van der Waals surface area (Å²) < 4.78 is 0. The molecule has 0 saturated heterocycles. The van der Waals surface area contributed by atoms with Crippen LogP contribution in [0.5, 0.6) is 5.75 Å². The van der Waals surface area contributed by atoms with E-state index in [1.807, 2.05) is 12.1 Å². The van der Waals surface area contributed by atoms with E-state index in [1.165, 1.54) is 36.8 Å². The largest absolute Gasteiger partial charge is 0.508 e. The lowest BCUT2D eigenvalue weighted by atomic mass is 9.44. The number of phenolic OH excluding ortho intramolecular Hbond substituents is 1. The second-order valence-electron chi connectivity index (χ2n) is 9.79. The van der Waals surface area contributed by atoms with E-state index in [4.69, 9.17) is 0 Å². The maximum atomic E-state index is 10.9. The van der Waals surface area contributed by atoms with Crippen LogP contribution >= 0.6 is 0 Å². The van der Waals surface area contributed by atoms with E-state index in [2.05, 4.69) is 32.6 Å². The number of allylic oxidation sites excluding steroid dienone is 1. The predicted octanol–water partition coefficient (Wildman–Crippen LogP) is 5.97. The zero-order valence-corrected chi connectivity index (χ0v) is 17.1. The van der Waals surface area contributed by atoms with Gasteiger partial charge in [-0.2, -0.15) is 0 Å². The summed E-state index contributed by atoms with van der Waals surface area (Å²) in [5, 5.41) is 21.0. The Hall–Kier alpha value is -1.28. The van der Waals surface area contributed by atoms with Crippen LogP contribution in [0.2, 0.25) is 0 Å². The quantitative estimate of drug-likeness (QED) is 0.496. The number of fused-ring (bicyclic) bond motifs is 5. The van der Waals surface area contributed by atoms with Crippen LogP contribution in [0, 0.1) is 22.7 Å². The van der Waals surface area contributed by atoms with Crippen LogP contribution in [0.1, 0.15) is 82.3 Å². The van der Waals surface area contributed by atoms with Crippen molar-refractivity contribution in [3.05, 3.63) is 42.0 Å². The molecule has 2 N–H and O–H groups in total. The van der Waals surface area contributed by atoms with Crippen LogP contribution in [-0.2, 0) is 6.42 Å². The lowest BCUT2D eigenvalue weighted by Gasteiger charge is -2.60. The molecule has 0 aromatic heterocycles. The topological polar surface area (TPSA) is 40.5 Å². The minimum absolute atomic E-state index is 0.0238. The molecule has 0 spiro atoms. The maximum absolute atomic E-state index is 10.9. The van der Waals surface area contributed by atoms with Crippen LogP contribution < -0.4 is 0 Å². The van der Waals surface area contributed by atoms with Crippen LogP contribution in [0.4, 0.5) is 0 Å². The van der Waals surface area contributed by atoms with Gasteiger partial charge in [0, 0.05) is 0 Å². The van der Waals surface area contributed by atoms with Crippen molar-refractivity contribution in [2.75, 3.05) is 0 Å². The number of unbranched alkanes of at least 4 members (excludes halogenated alkanes) is 2. The zero-order chi connectivity index (χ0) is 19.2. The first-order valence-corrected chi connectivity index (χ1v) is 11.1. The Morgan fingerprint density at radius 1 is 1.26 bits per heavy atom. The van der Waals surface area contributed by atoms with E-state index in [-0.39, 0.29) is 16.9 Å². The van der Waals surface area contributed by atoms with Gasteiger partial charge in [-0.3, -0.25) is 0 Å². The molecular weight excluding hydrogens is 332 g/mol. The SMILES string of the molecule is C=C[C@@]12CCc3cc(O)ccc3C1[C@@H](CCCCC)C[C@@]1(C)C2CC[C@@H]1O. The van der Waals surface area contributed by atoms with E-state index in [0.717, 1.165) is 32.1 Å². The molecule has 0 aliphatic heterocycles. The number of rotatable bonds is 5. The van der Waals surface area contributed by atoms with E-state index in [9.17, 15) is 10.2 Å². The highest BCUT2D eigenvalue weighted by Gasteiger charge is 2.63. The van der Waals surface area contributed by atoms with Crippen molar-refractivity contribution in [1.82, 2.24) is 0 Å². The van der Waals surface area contributed by atoms with Gasteiger partial charge in [0.1, 0.15) is 5.75 Å². The van der Waals surface area contributed by atoms with Gasteiger partial charge in [0.25, 0.3) is 0 Å². The number of aromatic hydroxyl groups is 1.